The molecule has 2 N–H and O–H groups in total. The van der Waals surface area contributed by atoms with E-state index >= 15 is 0 Å². The third kappa shape index (κ3) is 4.90. The van der Waals surface area contributed by atoms with Crippen LogP contribution in [0.2, 0.25) is 0 Å². The van der Waals surface area contributed by atoms with Crippen LogP contribution in [0, 0.1) is 0 Å². The van der Waals surface area contributed by atoms with E-state index in [-0.39, 0.29) is 6.61 Å². The molecule has 0 aliphatic heterocycles. The molecule has 0 rings (SSSR count). The van der Waals surface area contributed by atoms with Gasteiger partial charge in [0.2, 0.25) is 0 Å². The standard InChI is InChI=1S/C7H11NO2/c1-3-4-6(2)10-5-7(8)9/h3-4H,2,5H2,1H3,(H2,8,9)/b4-3-. The highest BCUT2D eigenvalue weighted by Gasteiger charge is 1.92. The highest BCUT2D eigenvalue weighted by molar-refractivity contribution is 5.75. The van der Waals surface area contributed by atoms with Crippen LogP contribution in [0.1, 0.15) is 6.92 Å². The third-order valence-corrected chi connectivity index (χ3v) is 0.752. The normalized spacial score (nSPS) is 9.70. The zero-order valence-corrected chi connectivity index (χ0v) is 5.96. The summed E-state index contributed by atoms with van der Waals surface area (Å²) >= 11 is 0. The summed E-state index contributed by atoms with van der Waals surface area (Å²) in [4.78, 5) is 10.1. The fourth-order valence-corrected chi connectivity index (χ4v) is 0.398. The molecule has 56 valence electrons. The lowest BCUT2D eigenvalue weighted by Crippen LogP contribution is -2.17. The van der Waals surface area contributed by atoms with E-state index in [4.69, 9.17) is 10.5 Å². The van der Waals surface area contributed by atoms with E-state index in [0.29, 0.717) is 5.76 Å². The van der Waals surface area contributed by atoms with Crippen LogP contribution in [0.3, 0.4) is 0 Å². The minimum absolute atomic E-state index is 0.108. The van der Waals surface area contributed by atoms with Crippen molar-refractivity contribution in [2.45, 2.75) is 6.92 Å². The lowest BCUT2D eigenvalue weighted by molar-refractivity contribution is -0.121. The molecule has 0 atom stereocenters. The topological polar surface area (TPSA) is 52.3 Å². The molecule has 3 heteroatoms. The van der Waals surface area contributed by atoms with Gasteiger partial charge in [-0.25, -0.2) is 0 Å². The first-order chi connectivity index (χ1) is 4.66. The Labute approximate surface area is 60.2 Å². The first kappa shape index (κ1) is 8.75. The molecule has 1 amide bonds. The number of carbonyl (C=O) groups excluding carboxylic acids is 1. The summed E-state index contributed by atoms with van der Waals surface area (Å²) in [6, 6.07) is 0. The number of nitrogens with two attached hydrogens (primary N) is 1. The van der Waals surface area contributed by atoms with Crippen molar-refractivity contribution in [1.82, 2.24) is 0 Å². The summed E-state index contributed by atoms with van der Waals surface area (Å²) in [5.74, 6) is -0.0491. The fourth-order valence-electron chi connectivity index (χ4n) is 0.398. The lowest BCUT2D eigenvalue weighted by Gasteiger charge is -2.00. The molecule has 0 aromatic rings. The fraction of sp³-hybridized carbons (Fsp3) is 0.286. The summed E-state index contributed by atoms with van der Waals surface area (Å²) in [5.41, 5.74) is 4.81. The van der Waals surface area contributed by atoms with E-state index in [1.807, 2.05) is 6.92 Å². The zero-order chi connectivity index (χ0) is 7.98. The maximum absolute atomic E-state index is 10.1. The Balaban J connectivity index is 3.50. The zero-order valence-electron chi connectivity index (χ0n) is 5.96. The second-order valence-electron chi connectivity index (χ2n) is 1.72. The Hall–Kier alpha value is -1.25. The third-order valence-electron chi connectivity index (χ3n) is 0.752. The van der Waals surface area contributed by atoms with Crippen molar-refractivity contribution >= 4 is 5.91 Å². The maximum atomic E-state index is 10.1. The quantitative estimate of drug-likeness (QED) is 0.460. The molecule has 0 aromatic heterocycles. The number of carbonyl (C=O) groups is 1. The molecule has 0 aliphatic rings. The Kier molecular flexibility index (Phi) is 4.04. The number of rotatable bonds is 4. The number of allylic oxidation sites excluding steroid dienone is 2. The van der Waals surface area contributed by atoms with Crippen molar-refractivity contribution in [2.24, 2.45) is 5.73 Å². The van der Waals surface area contributed by atoms with E-state index in [2.05, 4.69) is 6.58 Å². The summed E-state index contributed by atoms with van der Waals surface area (Å²) in [6.45, 7) is 5.22. The van der Waals surface area contributed by atoms with E-state index in [1.54, 1.807) is 12.2 Å². The molecule has 0 heterocycles. The van der Waals surface area contributed by atoms with Gasteiger partial charge >= 0.3 is 0 Å². The van der Waals surface area contributed by atoms with Crippen molar-refractivity contribution < 1.29 is 9.53 Å². The van der Waals surface area contributed by atoms with Gasteiger partial charge in [0.25, 0.3) is 5.91 Å². The largest absolute Gasteiger partial charge is 0.484 e. The first-order valence-electron chi connectivity index (χ1n) is 2.89. The average Bonchev–Trinajstić information content (AvgIpc) is 1.85. The van der Waals surface area contributed by atoms with Gasteiger partial charge in [0, 0.05) is 0 Å². The number of hydrogen-bond donors (Lipinski definition) is 1. The van der Waals surface area contributed by atoms with Gasteiger partial charge in [-0.1, -0.05) is 12.7 Å². The monoisotopic (exact) mass is 141 g/mol. The van der Waals surface area contributed by atoms with Gasteiger partial charge in [-0.3, -0.25) is 4.79 Å². The van der Waals surface area contributed by atoms with E-state index < -0.39 is 5.91 Å². The predicted octanol–water partition coefficient (Wildman–Crippen LogP) is 0.578. The van der Waals surface area contributed by atoms with Crippen LogP contribution in [0.5, 0.6) is 0 Å². The minimum Gasteiger partial charge on any atom is -0.484 e. The number of primary amides is 1. The van der Waals surface area contributed by atoms with Gasteiger partial charge in [-0.2, -0.15) is 0 Å². The minimum atomic E-state index is -0.495. The van der Waals surface area contributed by atoms with E-state index in [9.17, 15) is 4.79 Å². The molecule has 10 heavy (non-hydrogen) atoms. The molecule has 0 aromatic carbocycles. The van der Waals surface area contributed by atoms with Gasteiger partial charge in [0.1, 0.15) is 5.76 Å². The van der Waals surface area contributed by atoms with Crippen LogP contribution in [-0.4, -0.2) is 12.5 Å². The van der Waals surface area contributed by atoms with Crippen molar-refractivity contribution in [3.05, 3.63) is 24.5 Å². The van der Waals surface area contributed by atoms with Crippen LogP contribution in [0.4, 0.5) is 0 Å². The van der Waals surface area contributed by atoms with Crippen LogP contribution in [-0.2, 0) is 9.53 Å². The van der Waals surface area contributed by atoms with Crippen LogP contribution < -0.4 is 5.73 Å². The second kappa shape index (κ2) is 4.61. The Bertz CT molecular complexity index is 161. The summed E-state index contributed by atoms with van der Waals surface area (Å²) < 4.78 is 4.79. The summed E-state index contributed by atoms with van der Waals surface area (Å²) in [7, 11) is 0. The highest BCUT2D eigenvalue weighted by atomic mass is 16.5. The smallest absolute Gasteiger partial charge is 0.255 e. The average molecular weight is 141 g/mol. The summed E-state index contributed by atoms with van der Waals surface area (Å²) in [6.07, 6.45) is 3.42. The predicted molar refractivity (Wildman–Crippen MR) is 39.1 cm³/mol. The second-order valence-corrected chi connectivity index (χ2v) is 1.72. The van der Waals surface area contributed by atoms with E-state index in [1.165, 1.54) is 0 Å². The molecular weight excluding hydrogens is 130 g/mol. The molecule has 0 radical (unpaired) electrons. The molecule has 0 saturated carbocycles. The van der Waals surface area contributed by atoms with Crippen LogP contribution in [0.15, 0.2) is 24.5 Å². The van der Waals surface area contributed by atoms with Crippen molar-refractivity contribution in [1.29, 1.82) is 0 Å². The molecule has 0 spiro atoms. The Morgan fingerprint density at radius 2 is 2.40 bits per heavy atom. The molecule has 0 aliphatic carbocycles. The Morgan fingerprint density at radius 3 is 2.80 bits per heavy atom. The molecular formula is C7H11NO2. The van der Waals surface area contributed by atoms with Gasteiger partial charge in [-0.15, -0.1) is 0 Å². The van der Waals surface area contributed by atoms with E-state index in [0.717, 1.165) is 0 Å². The molecule has 0 fully saturated rings. The van der Waals surface area contributed by atoms with Crippen molar-refractivity contribution in [3.63, 3.8) is 0 Å². The van der Waals surface area contributed by atoms with Crippen molar-refractivity contribution in [3.8, 4) is 0 Å². The van der Waals surface area contributed by atoms with Crippen LogP contribution >= 0.6 is 0 Å². The van der Waals surface area contributed by atoms with Crippen LogP contribution in [0.25, 0.3) is 0 Å². The molecule has 0 saturated heterocycles. The van der Waals surface area contributed by atoms with Gasteiger partial charge in [-0.05, 0) is 13.0 Å². The van der Waals surface area contributed by atoms with Gasteiger partial charge < -0.3 is 10.5 Å². The first-order valence-corrected chi connectivity index (χ1v) is 2.89. The Morgan fingerprint density at radius 1 is 1.80 bits per heavy atom. The molecule has 0 bridgehead atoms. The number of ether oxygens (including phenoxy) is 1. The van der Waals surface area contributed by atoms with Gasteiger partial charge in [0.05, 0.1) is 0 Å². The maximum Gasteiger partial charge on any atom is 0.255 e. The molecule has 3 nitrogen and oxygen atoms in total. The molecule has 0 unspecified atom stereocenters. The lowest BCUT2D eigenvalue weighted by atomic mass is 10.5. The summed E-state index contributed by atoms with van der Waals surface area (Å²) in [5, 5.41) is 0. The number of hydrogen-bond acceptors (Lipinski definition) is 2. The highest BCUT2D eigenvalue weighted by Crippen LogP contribution is 1.93. The van der Waals surface area contributed by atoms with Crippen molar-refractivity contribution in [2.75, 3.05) is 6.61 Å². The number of amides is 1. The SMILES string of the molecule is C=C(/C=C\C)OCC(N)=O. The van der Waals surface area contributed by atoms with Gasteiger partial charge in [0.15, 0.2) is 6.61 Å².